The second-order valence-electron chi connectivity index (χ2n) is 4.88. The number of ether oxygens (including phenoxy) is 1. The number of hydrogen-bond acceptors (Lipinski definition) is 4. The molecule has 0 aromatic heterocycles. The molecule has 1 aromatic rings. The maximum Gasteiger partial charge on any atom is 0.303 e. The Labute approximate surface area is 123 Å². The molecule has 0 unspecified atom stereocenters. The van der Waals surface area contributed by atoms with Crippen molar-refractivity contribution in [2.24, 2.45) is 5.73 Å². The van der Waals surface area contributed by atoms with Crippen LogP contribution in [-0.2, 0) is 25.5 Å². The molecule has 0 saturated carbocycles. The summed E-state index contributed by atoms with van der Waals surface area (Å²) >= 11 is 0. The molecule has 2 amide bonds. The van der Waals surface area contributed by atoms with Gasteiger partial charge in [-0.3, -0.25) is 14.4 Å². The van der Waals surface area contributed by atoms with E-state index in [-0.39, 0.29) is 0 Å². The molecule has 1 rings (SSSR count). The van der Waals surface area contributed by atoms with Crippen LogP contribution < -0.4 is 11.1 Å². The summed E-state index contributed by atoms with van der Waals surface area (Å²) in [6.45, 7) is 4.64. The summed E-state index contributed by atoms with van der Waals surface area (Å²) in [5.74, 6) is -1.75. The summed E-state index contributed by atoms with van der Waals surface area (Å²) in [5, 5.41) is 2.48. The molecule has 0 heterocycles. The Hall–Kier alpha value is -2.37. The monoisotopic (exact) mass is 292 g/mol. The van der Waals surface area contributed by atoms with Crippen molar-refractivity contribution < 1.29 is 19.1 Å². The normalized spacial score (nSPS) is 11.6. The van der Waals surface area contributed by atoms with Crippen LogP contribution in [0, 0.1) is 13.8 Å². The maximum atomic E-state index is 11.6. The molecule has 0 spiro atoms. The first kappa shape index (κ1) is 16.7. The van der Waals surface area contributed by atoms with Crippen LogP contribution >= 0.6 is 0 Å². The first-order valence-electron chi connectivity index (χ1n) is 6.58. The molecule has 1 aromatic carbocycles. The predicted molar refractivity (Wildman–Crippen MR) is 77.4 cm³/mol. The highest BCUT2D eigenvalue weighted by molar-refractivity contribution is 5.88. The highest BCUT2D eigenvalue weighted by Crippen LogP contribution is 2.15. The number of nitrogens with two attached hydrogens (primary N) is 1. The topological polar surface area (TPSA) is 98.5 Å². The molecule has 0 aliphatic heterocycles. The molecule has 114 valence electrons. The van der Waals surface area contributed by atoms with E-state index in [0.29, 0.717) is 6.42 Å². The predicted octanol–water partition coefficient (Wildman–Crippen LogP) is 0.379. The number of aryl methyl sites for hydroxylation is 2. The first-order valence-corrected chi connectivity index (χ1v) is 6.58. The van der Waals surface area contributed by atoms with Crippen LogP contribution in [0.4, 0.5) is 0 Å². The summed E-state index contributed by atoms with van der Waals surface area (Å²) in [6.07, 6.45) is 0.305. The van der Waals surface area contributed by atoms with Gasteiger partial charge in [0.2, 0.25) is 5.91 Å². The van der Waals surface area contributed by atoms with Crippen molar-refractivity contribution in [1.82, 2.24) is 5.32 Å². The number of amides is 2. The van der Waals surface area contributed by atoms with Gasteiger partial charge in [0.05, 0.1) is 0 Å². The number of carbonyl (C=O) groups is 3. The third-order valence-corrected chi connectivity index (χ3v) is 3.14. The zero-order valence-electron chi connectivity index (χ0n) is 12.4. The highest BCUT2D eigenvalue weighted by atomic mass is 16.5. The summed E-state index contributed by atoms with van der Waals surface area (Å²) in [6, 6.07) is 4.95. The number of rotatable bonds is 6. The van der Waals surface area contributed by atoms with Gasteiger partial charge in [-0.2, -0.15) is 0 Å². The molecule has 0 aliphatic carbocycles. The lowest BCUT2D eigenvalue weighted by Crippen LogP contribution is -2.47. The minimum absolute atomic E-state index is 0.305. The average molecular weight is 292 g/mol. The summed E-state index contributed by atoms with van der Waals surface area (Å²) in [5.41, 5.74) is 8.34. The van der Waals surface area contributed by atoms with Crippen molar-refractivity contribution in [3.8, 4) is 0 Å². The fraction of sp³-hybridized carbons (Fsp3) is 0.400. The minimum atomic E-state index is -0.840. The number of hydrogen-bond donors (Lipinski definition) is 2. The van der Waals surface area contributed by atoms with Gasteiger partial charge in [0.1, 0.15) is 6.04 Å². The van der Waals surface area contributed by atoms with Crippen LogP contribution in [0.25, 0.3) is 0 Å². The minimum Gasteiger partial charge on any atom is -0.456 e. The van der Waals surface area contributed by atoms with E-state index in [2.05, 4.69) is 10.1 Å². The fourth-order valence-corrected chi connectivity index (χ4v) is 2.00. The van der Waals surface area contributed by atoms with Crippen LogP contribution in [0.15, 0.2) is 18.2 Å². The zero-order chi connectivity index (χ0) is 16.0. The molecule has 0 fully saturated rings. The second kappa shape index (κ2) is 7.42. The standard InChI is InChI=1S/C15H20N2O4/c1-9-5-4-6-10(2)12(9)7-13(15(16)20)17-14(19)8-21-11(3)18/h4-6,13H,7-8H2,1-3H3,(H2,16,20)(H,17,19)/t13-/m1/s1. The zero-order valence-corrected chi connectivity index (χ0v) is 12.4. The Morgan fingerprint density at radius 3 is 2.29 bits per heavy atom. The summed E-state index contributed by atoms with van der Waals surface area (Å²) in [7, 11) is 0. The van der Waals surface area contributed by atoms with Gasteiger partial charge >= 0.3 is 5.97 Å². The van der Waals surface area contributed by atoms with Crippen LogP contribution in [0.3, 0.4) is 0 Å². The fourth-order valence-electron chi connectivity index (χ4n) is 2.00. The van der Waals surface area contributed by atoms with Crippen LogP contribution in [0.2, 0.25) is 0 Å². The number of primary amides is 1. The van der Waals surface area contributed by atoms with Crippen LogP contribution in [-0.4, -0.2) is 30.4 Å². The van der Waals surface area contributed by atoms with Gasteiger partial charge in [0.15, 0.2) is 6.61 Å². The lowest BCUT2D eigenvalue weighted by atomic mass is 9.96. The Balaban J connectivity index is 2.77. The van der Waals surface area contributed by atoms with Gasteiger partial charge < -0.3 is 15.8 Å². The van der Waals surface area contributed by atoms with Gasteiger partial charge in [0.25, 0.3) is 5.91 Å². The quantitative estimate of drug-likeness (QED) is 0.740. The van der Waals surface area contributed by atoms with Gasteiger partial charge in [0, 0.05) is 13.3 Å². The molecule has 3 N–H and O–H groups in total. The molecule has 0 saturated heterocycles. The number of nitrogens with one attached hydrogen (secondary N) is 1. The van der Waals surface area contributed by atoms with Gasteiger partial charge in [-0.25, -0.2) is 0 Å². The van der Waals surface area contributed by atoms with E-state index < -0.39 is 30.4 Å². The van der Waals surface area contributed by atoms with Crippen molar-refractivity contribution >= 4 is 17.8 Å². The van der Waals surface area contributed by atoms with Gasteiger partial charge in [-0.05, 0) is 30.5 Å². The molecule has 0 aliphatic rings. The maximum absolute atomic E-state index is 11.6. The molecule has 6 heteroatoms. The molecule has 1 atom stereocenters. The van der Waals surface area contributed by atoms with E-state index >= 15 is 0 Å². The molecule has 21 heavy (non-hydrogen) atoms. The third kappa shape index (κ3) is 5.25. The van der Waals surface area contributed by atoms with E-state index in [1.165, 1.54) is 6.92 Å². The number of esters is 1. The van der Waals surface area contributed by atoms with Gasteiger partial charge in [-0.15, -0.1) is 0 Å². The molecular weight excluding hydrogens is 272 g/mol. The van der Waals surface area contributed by atoms with Crippen molar-refractivity contribution in [3.63, 3.8) is 0 Å². The van der Waals surface area contributed by atoms with Gasteiger partial charge in [-0.1, -0.05) is 18.2 Å². The van der Waals surface area contributed by atoms with Crippen molar-refractivity contribution in [2.75, 3.05) is 6.61 Å². The number of carbonyl (C=O) groups excluding carboxylic acids is 3. The Morgan fingerprint density at radius 1 is 1.24 bits per heavy atom. The van der Waals surface area contributed by atoms with Crippen molar-refractivity contribution in [3.05, 3.63) is 34.9 Å². The smallest absolute Gasteiger partial charge is 0.303 e. The number of benzene rings is 1. The first-order chi connectivity index (χ1) is 9.81. The Morgan fingerprint density at radius 2 is 1.81 bits per heavy atom. The van der Waals surface area contributed by atoms with E-state index in [1.54, 1.807) is 0 Å². The van der Waals surface area contributed by atoms with Crippen molar-refractivity contribution in [2.45, 2.75) is 33.2 Å². The van der Waals surface area contributed by atoms with E-state index in [4.69, 9.17) is 5.73 Å². The summed E-state index contributed by atoms with van der Waals surface area (Å²) < 4.78 is 4.58. The largest absolute Gasteiger partial charge is 0.456 e. The Bertz CT molecular complexity index is 534. The van der Waals surface area contributed by atoms with Crippen LogP contribution in [0.1, 0.15) is 23.6 Å². The third-order valence-electron chi connectivity index (χ3n) is 3.14. The van der Waals surface area contributed by atoms with E-state index in [9.17, 15) is 14.4 Å². The molecular formula is C15H20N2O4. The van der Waals surface area contributed by atoms with E-state index in [0.717, 1.165) is 16.7 Å². The van der Waals surface area contributed by atoms with E-state index in [1.807, 2.05) is 32.0 Å². The second-order valence-corrected chi connectivity index (χ2v) is 4.88. The molecule has 0 bridgehead atoms. The highest BCUT2D eigenvalue weighted by Gasteiger charge is 2.20. The Kier molecular flexibility index (Phi) is 5.90. The summed E-state index contributed by atoms with van der Waals surface area (Å²) in [4.78, 5) is 33.8. The van der Waals surface area contributed by atoms with Crippen LogP contribution in [0.5, 0.6) is 0 Å². The molecule has 6 nitrogen and oxygen atoms in total. The lowest BCUT2D eigenvalue weighted by molar-refractivity contribution is -0.146. The van der Waals surface area contributed by atoms with Crippen molar-refractivity contribution in [1.29, 1.82) is 0 Å². The lowest BCUT2D eigenvalue weighted by Gasteiger charge is -2.18. The SMILES string of the molecule is CC(=O)OCC(=O)N[C@H](Cc1c(C)cccc1C)C(N)=O. The average Bonchev–Trinajstić information content (AvgIpc) is 2.39. The molecule has 0 radical (unpaired) electrons.